The van der Waals surface area contributed by atoms with E-state index in [1.807, 2.05) is 50.2 Å². The SMILES string of the molecule is CSc1cccc2sc(N(CCN(C)C)C(=O)c3ccc(C)c(C)c3)nc12. The molecule has 0 spiro atoms. The molecule has 0 aliphatic rings. The number of thioether (sulfide) groups is 1. The molecule has 27 heavy (non-hydrogen) atoms. The minimum absolute atomic E-state index is 0.00436. The van der Waals surface area contributed by atoms with Gasteiger partial charge in [-0.05, 0) is 69.6 Å². The Bertz CT molecular complexity index is 965. The fraction of sp³-hybridized carbons (Fsp3) is 0.333. The average Bonchev–Trinajstić information content (AvgIpc) is 3.07. The van der Waals surface area contributed by atoms with Gasteiger partial charge in [0.15, 0.2) is 5.13 Å². The number of fused-ring (bicyclic) bond motifs is 1. The maximum Gasteiger partial charge on any atom is 0.260 e. The number of carbonyl (C=O) groups excluding carboxylic acids is 1. The third kappa shape index (κ3) is 4.34. The second kappa shape index (κ2) is 8.42. The lowest BCUT2D eigenvalue weighted by atomic mass is 10.1. The van der Waals surface area contributed by atoms with Crippen molar-refractivity contribution in [3.05, 3.63) is 53.1 Å². The molecule has 2 aromatic carbocycles. The van der Waals surface area contributed by atoms with E-state index in [1.54, 1.807) is 23.1 Å². The number of nitrogens with zero attached hydrogens (tertiary/aromatic N) is 3. The van der Waals surface area contributed by atoms with Crippen molar-refractivity contribution in [1.29, 1.82) is 0 Å². The number of likely N-dealkylation sites (N-methyl/N-ethyl adjacent to an activating group) is 1. The van der Waals surface area contributed by atoms with Crippen LogP contribution in [0.25, 0.3) is 10.2 Å². The van der Waals surface area contributed by atoms with Crippen LogP contribution in [0, 0.1) is 13.8 Å². The monoisotopic (exact) mass is 399 g/mol. The van der Waals surface area contributed by atoms with E-state index >= 15 is 0 Å². The molecule has 0 aliphatic heterocycles. The van der Waals surface area contributed by atoms with Crippen molar-refractivity contribution < 1.29 is 4.79 Å². The number of hydrogen-bond acceptors (Lipinski definition) is 5. The lowest BCUT2D eigenvalue weighted by molar-refractivity contribution is 0.0985. The van der Waals surface area contributed by atoms with E-state index in [9.17, 15) is 4.79 Å². The molecule has 0 unspecified atom stereocenters. The Balaban J connectivity index is 2.02. The molecule has 0 fully saturated rings. The molecule has 1 amide bonds. The summed E-state index contributed by atoms with van der Waals surface area (Å²) >= 11 is 3.26. The number of rotatable bonds is 6. The average molecular weight is 400 g/mol. The van der Waals surface area contributed by atoms with Gasteiger partial charge >= 0.3 is 0 Å². The summed E-state index contributed by atoms with van der Waals surface area (Å²) < 4.78 is 1.11. The number of hydrogen-bond donors (Lipinski definition) is 0. The molecule has 0 saturated carbocycles. The van der Waals surface area contributed by atoms with Crippen LogP contribution < -0.4 is 4.90 Å². The molecule has 0 aliphatic carbocycles. The number of anilines is 1. The first-order valence-corrected chi connectivity index (χ1v) is 10.9. The molecule has 0 saturated heterocycles. The zero-order valence-electron chi connectivity index (χ0n) is 16.4. The first kappa shape index (κ1) is 19.9. The summed E-state index contributed by atoms with van der Waals surface area (Å²) in [6.07, 6.45) is 2.05. The molecule has 142 valence electrons. The predicted molar refractivity (Wildman–Crippen MR) is 118 cm³/mol. The summed E-state index contributed by atoms with van der Waals surface area (Å²) in [5, 5.41) is 0.761. The summed E-state index contributed by atoms with van der Waals surface area (Å²) in [7, 11) is 4.03. The van der Waals surface area contributed by atoms with E-state index in [4.69, 9.17) is 4.98 Å². The summed E-state index contributed by atoms with van der Waals surface area (Å²) in [5.41, 5.74) is 4.01. The Morgan fingerprint density at radius 3 is 2.56 bits per heavy atom. The van der Waals surface area contributed by atoms with Crippen LogP contribution in [0.15, 0.2) is 41.3 Å². The van der Waals surface area contributed by atoms with E-state index in [2.05, 4.69) is 30.2 Å². The first-order chi connectivity index (χ1) is 12.9. The fourth-order valence-corrected chi connectivity index (χ4v) is 4.45. The Hall–Kier alpha value is -1.89. The second-order valence-electron chi connectivity index (χ2n) is 6.86. The van der Waals surface area contributed by atoms with Gasteiger partial charge in [-0.1, -0.05) is 23.5 Å². The molecule has 0 radical (unpaired) electrons. The van der Waals surface area contributed by atoms with E-state index < -0.39 is 0 Å². The Morgan fingerprint density at radius 1 is 1.11 bits per heavy atom. The van der Waals surface area contributed by atoms with Crippen molar-refractivity contribution in [2.75, 3.05) is 38.3 Å². The standard InChI is InChI=1S/C21H25N3OS2/c1-14-9-10-16(13-15(14)2)20(25)24(12-11-23(3)4)21-22-19-17(26-5)7-6-8-18(19)27-21/h6-10,13H,11-12H2,1-5H3. The summed E-state index contributed by atoms with van der Waals surface area (Å²) in [5.74, 6) is 0.00436. The summed E-state index contributed by atoms with van der Waals surface area (Å²) in [4.78, 5) is 23.2. The lowest BCUT2D eigenvalue weighted by Crippen LogP contribution is -2.36. The van der Waals surface area contributed by atoms with Gasteiger partial charge in [-0.15, -0.1) is 11.8 Å². The molecule has 1 heterocycles. The van der Waals surface area contributed by atoms with E-state index in [0.717, 1.165) is 32.4 Å². The zero-order chi connectivity index (χ0) is 19.6. The van der Waals surface area contributed by atoms with Crippen molar-refractivity contribution in [3.63, 3.8) is 0 Å². The molecule has 1 aromatic heterocycles. The van der Waals surface area contributed by atoms with Gasteiger partial charge < -0.3 is 4.90 Å². The zero-order valence-corrected chi connectivity index (χ0v) is 18.1. The van der Waals surface area contributed by atoms with Gasteiger partial charge in [0.2, 0.25) is 0 Å². The largest absolute Gasteiger partial charge is 0.308 e. The number of para-hydroxylation sites is 1. The molecule has 4 nitrogen and oxygen atoms in total. The number of amides is 1. The highest BCUT2D eigenvalue weighted by molar-refractivity contribution is 7.98. The van der Waals surface area contributed by atoms with Crippen LogP contribution in [0.3, 0.4) is 0 Å². The van der Waals surface area contributed by atoms with Gasteiger partial charge in [0.05, 0.1) is 10.2 Å². The lowest BCUT2D eigenvalue weighted by Gasteiger charge is -2.22. The summed E-state index contributed by atoms with van der Waals surface area (Å²) in [6.45, 7) is 5.48. The van der Waals surface area contributed by atoms with Gasteiger partial charge in [-0.2, -0.15) is 0 Å². The molecule has 6 heteroatoms. The predicted octanol–water partition coefficient (Wildman–Crippen LogP) is 4.84. The molecule has 3 rings (SSSR count). The maximum atomic E-state index is 13.3. The Kier molecular flexibility index (Phi) is 6.19. The van der Waals surface area contributed by atoms with Gasteiger partial charge in [0.25, 0.3) is 5.91 Å². The van der Waals surface area contributed by atoms with Crippen LogP contribution in [-0.2, 0) is 0 Å². The van der Waals surface area contributed by atoms with Gasteiger partial charge in [-0.3, -0.25) is 9.69 Å². The highest BCUT2D eigenvalue weighted by Crippen LogP contribution is 2.34. The van der Waals surface area contributed by atoms with Crippen LogP contribution >= 0.6 is 23.1 Å². The number of carbonyl (C=O) groups is 1. The van der Waals surface area contributed by atoms with Gasteiger partial charge in [-0.25, -0.2) is 4.98 Å². The second-order valence-corrected chi connectivity index (χ2v) is 8.72. The van der Waals surface area contributed by atoms with E-state index in [1.165, 1.54) is 5.56 Å². The van der Waals surface area contributed by atoms with E-state index in [0.29, 0.717) is 12.1 Å². The van der Waals surface area contributed by atoms with Crippen LogP contribution in [-0.4, -0.2) is 49.2 Å². The van der Waals surface area contributed by atoms with Gasteiger partial charge in [0.1, 0.15) is 0 Å². The molecular weight excluding hydrogens is 374 g/mol. The number of thiazole rings is 1. The summed E-state index contributed by atoms with van der Waals surface area (Å²) in [6, 6.07) is 12.1. The third-order valence-electron chi connectivity index (χ3n) is 4.59. The smallest absolute Gasteiger partial charge is 0.260 e. The van der Waals surface area contributed by atoms with Crippen LogP contribution in [0.4, 0.5) is 5.13 Å². The highest BCUT2D eigenvalue weighted by Gasteiger charge is 2.22. The Morgan fingerprint density at radius 2 is 1.89 bits per heavy atom. The maximum absolute atomic E-state index is 13.3. The highest BCUT2D eigenvalue weighted by atomic mass is 32.2. The van der Waals surface area contributed by atoms with Crippen LogP contribution in [0.1, 0.15) is 21.5 Å². The van der Waals surface area contributed by atoms with Crippen LogP contribution in [0.2, 0.25) is 0 Å². The molecule has 0 bridgehead atoms. The van der Waals surface area contributed by atoms with Crippen molar-refractivity contribution in [2.45, 2.75) is 18.7 Å². The molecule has 0 atom stereocenters. The minimum atomic E-state index is 0.00436. The number of aryl methyl sites for hydroxylation is 2. The van der Waals surface area contributed by atoms with Crippen molar-refractivity contribution in [2.24, 2.45) is 0 Å². The van der Waals surface area contributed by atoms with Gasteiger partial charge in [0, 0.05) is 23.5 Å². The van der Waals surface area contributed by atoms with Crippen molar-refractivity contribution in [3.8, 4) is 0 Å². The quantitative estimate of drug-likeness (QED) is 0.556. The molecule has 3 aromatic rings. The normalized spacial score (nSPS) is 11.3. The Labute approximate surface area is 169 Å². The minimum Gasteiger partial charge on any atom is -0.308 e. The van der Waals surface area contributed by atoms with Crippen molar-refractivity contribution in [1.82, 2.24) is 9.88 Å². The van der Waals surface area contributed by atoms with Crippen molar-refractivity contribution >= 4 is 44.4 Å². The molecule has 0 N–H and O–H groups in total. The topological polar surface area (TPSA) is 36.4 Å². The third-order valence-corrected chi connectivity index (χ3v) is 6.40. The van der Waals surface area contributed by atoms with Crippen LogP contribution in [0.5, 0.6) is 0 Å². The fourth-order valence-electron chi connectivity index (χ4n) is 2.81. The van der Waals surface area contributed by atoms with E-state index in [-0.39, 0.29) is 5.91 Å². The number of aromatic nitrogens is 1. The first-order valence-electron chi connectivity index (χ1n) is 8.88. The molecular formula is C21H25N3OS2. The number of benzene rings is 2.